The number of primary amides is 1. The maximum Gasteiger partial charge on any atom is 0.271 e. The summed E-state index contributed by atoms with van der Waals surface area (Å²) in [6, 6.07) is 6.68. The molecule has 0 atom stereocenters. The number of nitrogens with one attached hydrogen (secondary N) is 2. The van der Waals surface area contributed by atoms with Crippen LogP contribution in [0, 0.1) is 0 Å². The van der Waals surface area contributed by atoms with Crippen molar-refractivity contribution in [2.75, 3.05) is 73.8 Å². The number of amides is 2. The minimum Gasteiger partial charge on any atom is -0.393 e. The topological polar surface area (TPSA) is 143 Å². The van der Waals surface area contributed by atoms with Crippen molar-refractivity contribution in [1.82, 2.24) is 19.8 Å². The van der Waals surface area contributed by atoms with E-state index in [4.69, 9.17) is 10.7 Å². The first kappa shape index (κ1) is 31.9. The largest absolute Gasteiger partial charge is 0.393 e. The van der Waals surface area contributed by atoms with Crippen molar-refractivity contribution in [1.29, 1.82) is 0 Å². The Morgan fingerprint density at radius 1 is 1.00 bits per heavy atom. The fourth-order valence-electron chi connectivity index (χ4n) is 6.61. The number of likely N-dealkylation sites (N-methyl/N-ethyl adjacent to an activating group) is 1. The Bertz CT molecular complexity index is 1310. The van der Waals surface area contributed by atoms with Gasteiger partial charge < -0.3 is 36.2 Å². The third-order valence-electron chi connectivity index (χ3n) is 9.51. The molecule has 0 radical (unpaired) electrons. The van der Waals surface area contributed by atoms with Gasteiger partial charge in [-0.05, 0) is 70.2 Å². The Kier molecular flexibility index (Phi) is 10.2. The summed E-state index contributed by atoms with van der Waals surface area (Å²) in [4.78, 5) is 43.5. The zero-order valence-electron chi connectivity index (χ0n) is 26.7. The van der Waals surface area contributed by atoms with Crippen molar-refractivity contribution >= 4 is 40.5 Å². The molecule has 0 unspecified atom stereocenters. The average Bonchev–Trinajstić information content (AvgIpc) is 3.02. The molecule has 44 heavy (non-hydrogen) atoms. The highest BCUT2D eigenvalue weighted by Gasteiger charge is 2.29. The number of aliphatic hydroxyl groups is 1. The first-order valence-corrected chi connectivity index (χ1v) is 16.1. The maximum atomic E-state index is 12.6. The summed E-state index contributed by atoms with van der Waals surface area (Å²) in [7, 11) is 3.98. The molecule has 1 aromatic heterocycles. The number of aryl methyl sites for hydroxylation is 1. The number of anilines is 5. The van der Waals surface area contributed by atoms with Gasteiger partial charge in [-0.25, -0.2) is 9.97 Å². The standard InChI is InChI=1S/C32H49N9O3/c1-5-26-31(34-22-6-9-25(43)10-7-22)37-32(29(36-26)30(33)44)35-23-8-11-27(28(20-23)39(4)21(2)42)41-14-12-24(13-15-41)40-18-16-38(3)17-19-40/h8,11,20,22,24-25,43H,5-7,9-10,12-19H2,1-4H3,(H2,33,44)(H2,34,35,37). The second-order valence-electron chi connectivity index (χ2n) is 12.5. The van der Waals surface area contributed by atoms with Gasteiger partial charge in [-0.2, -0.15) is 0 Å². The molecule has 2 saturated heterocycles. The lowest BCUT2D eigenvalue weighted by atomic mass is 9.93. The number of piperidine rings is 1. The van der Waals surface area contributed by atoms with Crippen LogP contribution in [-0.2, 0) is 11.2 Å². The SMILES string of the molecule is CCc1nc(C(N)=O)c(Nc2ccc(N3CCC(N4CCN(C)CC4)CC3)c(N(C)C(C)=O)c2)nc1NC1CCC(O)CC1. The number of benzene rings is 1. The molecule has 1 aliphatic carbocycles. The Labute approximate surface area is 261 Å². The highest BCUT2D eigenvalue weighted by atomic mass is 16.3. The average molecular weight is 608 g/mol. The Morgan fingerprint density at radius 3 is 2.30 bits per heavy atom. The quantitative estimate of drug-likeness (QED) is 0.336. The third kappa shape index (κ3) is 7.41. The van der Waals surface area contributed by atoms with Crippen LogP contribution < -0.4 is 26.2 Å². The molecule has 0 spiro atoms. The van der Waals surface area contributed by atoms with E-state index in [-0.39, 0.29) is 29.6 Å². The highest BCUT2D eigenvalue weighted by molar-refractivity contribution is 5.98. The van der Waals surface area contributed by atoms with Gasteiger partial charge in [0.1, 0.15) is 5.82 Å². The van der Waals surface area contributed by atoms with Crippen LogP contribution in [0.4, 0.5) is 28.7 Å². The van der Waals surface area contributed by atoms with Crippen LogP contribution in [0.25, 0.3) is 0 Å². The molecule has 3 aliphatic rings. The van der Waals surface area contributed by atoms with Gasteiger partial charge in [0.05, 0.1) is 23.2 Å². The summed E-state index contributed by atoms with van der Waals surface area (Å²) in [5, 5.41) is 16.7. The predicted octanol–water partition coefficient (Wildman–Crippen LogP) is 2.80. The third-order valence-corrected chi connectivity index (χ3v) is 9.51. The summed E-state index contributed by atoms with van der Waals surface area (Å²) >= 11 is 0. The molecule has 3 fully saturated rings. The van der Waals surface area contributed by atoms with E-state index < -0.39 is 5.91 Å². The van der Waals surface area contributed by atoms with Gasteiger partial charge in [0, 0.05) is 71.0 Å². The van der Waals surface area contributed by atoms with Crippen LogP contribution in [-0.4, -0.2) is 108 Å². The number of hydrogen-bond acceptors (Lipinski definition) is 10. The maximum absolute atomic E-state index is 12.6. The molecule has 5 N–H and O–H groups in total. The molecular weight excluding hydrogens is 558 g/mol. The molecule has 12 heteroatoms. The highest BCUT2D eigenvalue weighted by Crippen LogP contribution is 2.36. The number of rotatable bonds is 9. The van der Waals surface area contributed by atoms with E-state index in [0.717, 1.165) is 89.2 Å². The van der Waals surface area contributed by atoms with E-state index in [0.29, 0.717) is 29.7 Å². The summed E-state index contributed by atoms with van der Waals surface area (Å²) in [6.07, 6.45) is 5.65. The zero-order chi connectivity index (χ0) is 31.4. The normalized spacial score (nSPS) is 22.1. The van der Waals surface area contributed by atoms with Crippen LogP contribution in [0.2, 0.25) is 0 Å². The molecule has 240 valence electrons. The van der Waals surface area contributed by atoms with Crippen molar-refractivity contribution < 1.29 is 14.7 Å². The number of nitrogens with two attached hydrogens (primary N) is 1. The fourth-order valence-corrected chi connectivity index (χ4v) is 6.61. The monoisotopic (exact) mass is 607 g/mol. The van der Waals surface area contributed by atoms with Crippen molar-refractivity contribution in [3.63, 3.8) is 0 Å². The smallest absolute Gasteiger partial charge is 0.271 e. The fraction of sp³-hybridized carbons (Fsp3) is 0.625. The van der Waals surface area contributed by atoms with Crippen molar-refractivity contribution in [3.05, 3.63) is 29.6 Å². The Hall–Kier alpha value is -3.48. The first-order valence-electron chi connectivity index (χ1n) is 16.1. The van der Waals surface area contributed by atoms with Gasteiger partial charge in [-0.15, -0.1) is 0 Å². The number of carbonyl (C=O) groups is 2. The molecule has 0 bridgehead atoms. The summed E-state index contributed by atoms with van der Waals surface area (Å²) in [5.41, 5.74) is 8.98. The molecule has 2 amide bonds. The number of nitrogens with zero attached hydrogens (tertiary/aromatic N) is 6. The van der Waals surface area contributed by atoms with Crippen molar-refractivity contribution in [3.8, 4) is 0 Å². The van der Waals surface area contributed by atoms with E-state index in [1.54, 1.807) is 18.9 Å². The lowest BCUT2D eigenvalue weighted by molar-refractivity contribution is -0.116. The molecule has 3 heterocycles. The van der Waals surface area contributed by atoms with Gasteiger partial charge in [-0.3, -0.25) is 14.5 Å². The minimum atomic E-state index is -0.664. The minimum absolute atomic E-state index is 0.0651. The lowest BCUT2D eigenvalue weighted by Gasteiger charge is -2.43. The number of piperazine rings is 1. The lowest BCUT2D eigenvalue weighted by Crippen LogP contribution is -2.52. The van der Waals surface area contributed by atoms with Gasteiger partial charge in [-0.1, -0.05) is 6.92 Å². The number of aromatic nitrogens is 2. The van der Waals surface area contributed by atoms with E-state index in [1.165, 1.54) is 0 Å². The van der Waals surface area contributed by atoms with Crippen molar-refractivity contribution in [2.45, 2.75) is 77.0 Å². The second kappa shape index (κ2) is 14.1. The van der Waals surface area contributed by atoms with Crippen LogP contribution in [0.3, 0.4) is 0 Å². The molecule has 2 aromatic rings. The van der Waals surface area contributed by atoms with E-state index in [1.807, 2.05) is 25.1 Å². The number of aliphatic hydroxyl groups excluding tert-OH is 1. The number of carbonyl (C=O) groups excluding carboxylic acids is 2. The van der Waals surface area contributed by atoms with Crippen LogP contribution in [0.15, 0.2) is 18.2 Å². The van der Waals surface area contributed by atoms with Gasteiger partial charge in [0.2, 0.25) is 5.91 Å². The van der Waals surface area contributed by atoms with Gasteiger partial charge >= 0.3 is 0 Å². The van der Waals surface area contributed by atoms with Crippen LogP contribution in [0.1, 0.15) is 68.6 Å². The van der Waals surface area contributed by atoms with E-state index >= 15 is 0 Å². The predicted molar refractivity (Wildman–Crippen MR) is 175 cm³/mol. The second-order valence-corrected chi connectivity index (χ2v) is 12.5. The molecule has 1 saturated carbocycles. The first-order chi connectivity index (χ1) is 21.1. The molecule has 12 nitrogen and oxygen atoms in total. The molecular formula is C32H49N9O3. The van der Waals surface area contributed by atoms with Crippen LogP contribution >= 0.6 is 0 Å². The molecule has 5 rings (SSSR count). The summed E-state index contributed by atoms with van der Waals surface area (Å²) in [5.74, 6) is 0.153. The van der Waals surface area contributed by atoms with E-state index in [9.17, 15) is 14.7 Å². The summed E-state index contributed by atoms with van der Waals surface area (Å²) < 4.78 is 0. The zero-order valence-corrected chi connectivity index (χ0v) is 26.7. The van der Waals surface area contributed by atoms with Gasteiger partial charge in [0.15, 0.2) is 11.5 Å². The summed E-state index contributed by atoms with van der Waals surface area (Å²) in [6.45, 7) is 9.85. The molecule has 2 aliphatic heterocycles. The molecule has 1 aromatic carbocycles. The van der Waals surface area contributed by atoms with Crippen LogP contribution in [0.5, 0.6) is 0 Å². The van der Waals surface area contributed by atoms with Gasteiger partial charge in [0.25, 0.3) is 5.91 Å². The number of hydrogen-bond donors (Lipinski definition) is 4. The van der Waals surface area contributed by atoms with Crippen molar-refractivity contribution in [2.24, 2.45) is 5.73 Å². The Morgan fingerprint density at radius 2 is 1.68 bits per heavy atom. The van der Waals surface area contributed by atoms with E-state index in [2.05, 4.69) is 37.4 Å². The Balaban J connectivity index is 1.38.